The number of nitrogens with one attached hydrogen (secondary N) is 1. The number of carbonyl (C=O) groups excluding carboxylic acids is 1. The number of hydrogen-bond acceptors (Lipinski definition) is 2. The Kier molecular flexibility index (Phi) is 7.31. The molecule has 1 rings (SSSR count). The summed E-state index contributed by atoms with van der Waals surface area (Å²) in [6.07, 6.45) is 3.40. The van der Waals surface area contributed by atoms with E-state index in [9.17, 15) is 4.79 Å². The molecule has 1 unspecified atom stereocenters. The molecule has 0 saturated heterocycles. The first kappa shape index (κ1) is 16.7. The highest BCUT2D eigenvalue weighted by atomic mass is 16.5. The third-order valence-corrected chi connectivity index (χ3v) is 3.30. The van der Waals surface area contributed by atoms with Crippen LogP contribution in [0, 0.1) is 5.92 Å². The first-order chi connectivity index (χ1) is 9.52. The van der Waals surface area contributed by atoms with Crippen LogP contribution >= 0.6 is 0 Å². The van der Waals surface area contributed by atoms with Gasteiger partial charge in [-0.25, -0.2) is 0 Å². The molecule has 3 nitrogen and oxygen atoms in total. The largest absolute Gasteiger partial charge is 0.380 e. The lowest BCUT2D eigenvalue weighted by Gasteiger charge is -2.15. The van der Waals surface area contributed by atoms with Gasteiger partial charge in [0.1, 0.15) is 0 Å². The molecule has 1 amide bonds. The molecular weight excluding hydrogens is 250 g/mol. The van der Waals surface area contributed by atoms with Crippen molar-refractivity contribution in [2.75, 3.05) is 7.11 Å². The first-order valence-corrected chi connectivity index (χ1v) is 7.41. The summed E-state index contributed by atoms with van der Waals surface area (Å²) in [7, 11) is 1.66. The van der Waals surface area contributed by atoms with Crippen LogP contribution in [0.3, 0.4) is 0 Å². The van der Waals surface area contributed by atoms with Gasteiger partial charge in [-0.2, -0.15) is 0 Å². The normalized spacial score (nSPS) is 12.4. The minimum Gasteiger partial charge on any atom is -0.380 e. The van der Waals surface area contributed by atoms with Crippen LogP contribution in [0.1, 0.15) is 56.0 Å². The van der Waals surface area contributed by atoms with Gasteiger partial charge < -0.3 is 10.1 Å². The topological polar surface area (TPSA) is 38.3 Å². The van der Waals surface area contributed by atoms with Crippen LogP contribution in [0.15, 0.2) is 24.3 Å². The van der Waals surface area contributed by atoms with Crippen LogP contribution in [0.2, 0.25) is 0 Å². The number of benzene rings is 1. The van der Waals surface area contributed by atoms with Crippen LogP contribution in [0.4, 0.5) is 0 Å². The summed E-state index contributed by atoms with van der Waals surface area (Å²) in [5.74, 6) is 0.726. The van der Waals surface area contributed by atoms with Crippen LogP contribution in [0.25, 0.3) is 0 Å². The molecule has 0 aliphatic heterocycles. The van der Waals surface area contributed by atoms with Crippen molar-refractivity contribution in [1.29, 1.82) is 0 Å². The van der Waals surface area contributed by atoms with Gasteiger partial charge in [-0.15, -0.1) is 0 Å². The van der Waals surface area contributed by atoms with Gasteiger partial charge in [-0.3, -0.25) is 4.79 Å². The van der Waals surface area contributed by atoms with E-state index >= 15 is 0 Å². The second-order valence-electron chi connectivity index (χ2n) is 5.83. The molecule has 1 atom stereocenters. The van der Waals surface area contributed by atoms with Gasteiger partial charge in [0.2, 0.25) is 0 Å². The highest BCUT2D eigenvalue weighted by Crippen LogP contribution is 2.10. The Balaban J connectivity index is 2.47. The average molecular weight is 277 g/mol. The second-order valence-corrected chi connectivity index (χ2v) is 5.83. The Hall–Kier alpha value is -1.35. The number of rotatable bonds is 8. The maximum Gasteiger partial charge on any atom is 0.251 e. The van der Waals surface area contributed by atoms with Gasteiger partial charge in [-0.05, 0) is 37.0 Å². The molecule has 0 spiro atoms. The van der Waals surface area contributed by atoms with E-state index in [1.807, 2.05) is 24.3 Å². The number of methoxy groups -OCH3 is 1. The predicted octanol–water partition coefficient (Wildman–Crippen LogP) is 3.78. The summed E-state index contributed by atoms with van der Waals surface area (Å²) >= 11 is 0. The maximum atomic E-state index is 12.2. The molecule has 1 N–H and O–H groups in total. The average Bonchev–Trinajstić information content (AvgIpc) is 2.39. The first-order valence-electron chi connectivity index (χ1n) is 7.41. The van der Waals surface area contributed by atoms with Crippen molar-refractivity contribution in [2.24, 2.45) is 5.92 Å². The van der Waals surface area contributed by atoms with Crippen molar-refractivity contribution in [3.63, 3.8) is 0 Å². The maximum absolute atomic E-state index is 12.2. The standard InChI is InChI=1S/C17H27NO2/c1-13(2)7-5-8-14(3)18-17(19)16-10-6-9-15(11-16)12-20-4/h6,9-11,13-14H,5,7-8,12H2,1-4H3,(H,18,19). The second kappa shape index (κ2) is 8.75. The fraction of sp³-hybridized carbons (Fsp3) is 0.588. The summed E-state index contributed by atoms with van der Waals surface area (Å²) in [6.45, 7) is 7.05. The smallest absolute Gasteiger partial charge is 0.251 e. The molecule has 3 heteroatoms. The molecule has 0 fully saturated rings. The Morgan fingerprint density at radius 3 is 2.65 bits per heavy atom. The zero-order valence-corrected chi connectivity index (χ0v) is 13.1. The molecule has 1 aromatic rings. The minimum atomic E-state index is 0.000000000000000444. The summed E-state index contributed by atoms with van der Waals surface area (Å²) in [4.78, 5) is 12.2. The van der Waals surface area contributed by atoms with Gasteiger partial charge in [0, 0.05) is 18.7 Å². The molecule has 1 aromatic carbocycles. The molecule has 20 heavy (non-hydrogen) atoms. The van der Waals surface area contributed by atoms with E-state index in [4.69, 9.17) is 4.74 Å². The zero-order chi connectivity index (χ0) is 15.0. The number of amides is 1. The van der Waals surface area contributed by atoms with Gasteiger partial charge in [0.05, 0.1) is 6.61 Å². The lowest BCUT2D eigenvalue weighted by atomic mass is 10.0. The zero-order valence-electron chi connectivity index (χ0n) is 13.1. The van der Waals surface area contributed by atoms with Crippen LogP contribution in [-0.2, 0) is 11.3 Å². The van der Waals surface area contributed by atoms with Crippen molar-refractivity contribution >= 4 is 5.91 Å². The molecule has 0 radical (unpaired) electrons. The van der Waals surface area contributed by atoms with E-state index in [2.05, 4.69) is 26.1 Å². The van der Waals surface area contributed by atoms with Crippen molar-refractivity contribution in [3.05, 3.63) is 35.4 Å². The molecular formula is C17H27NO2. The summed E-state index contributed by atoms with van der Waals surface area (Å²) in [5, 5.41) is 3.06. The van der Waals surface area contributed by atoms with Gasteiger partial charge >= 0.3 is 0 Å². The minimum absolute atomic E-state index is 0.000000000000000444. The lowest BCUT2D eigenvalue weighted by Crippen LogP contribution is -2.32. The van der Waals surface area contributed by atoms with Crippen LogP contribution in [0.5, 0.6) is 0 Å². The van der Waals surface area contributed by atoms with E-state index < -0.39 is 0 Å². The van der Waals surface area contributed by atoms with Crippen molar-refractivity contribution in [3.8, 4) is 0 Å². The van der Waals surface area contributed by atoms with Crippen molar-refractivity contribution in [1.82, 2.24) is 5.32 Å². The molecule has 0 aromatic heterocycles. The molecule has 112 valence electrons. The quantitative estimate of drug-likeness (QED) is 0.785. The van der Waals surface area contributed by atoms with E-state index in [0.717, 1.165) is 24.3 Å². The Bertz CT molecular complexity index is 415. The third kappa shape index (κ3) is 6.20. The predicted molar refractivity (Wildman–Crippen MR) is 82.8 cm³/mol. The van der Waals surface area contributed by atoms with Crippen LogP contribution in [-0.4, -0.2) is 19.1 Å². The Morgan fingerprint density at radius 2 is 2.00 bits per heavy atom. The Morgan fingerprint density at radius 1 is 1.25 bits per heavy atom. The third-order valence-electron chi connectivity index (χ3n) is 3.30. The highest BCUT2D eigenvalue weighted by molar-refractivity contribution is 5.94. The van der Waals surface area contributed by atoms with Gasteiger partial charge in [-0.1, -0.05) is 38.8 Å². The summed E-state index contributed by atoms with van der Waals surface area (Å²) < 4.78 is 5.09. The molecule has 0 aliphatic rings. The van der Waals surface area contributed by atoms with E-state index in [-0.39, 0.29) is 11.9 Å². The van der Waals surface area contributed by atoms with E-state index in [1.165, 1.54) is 6.42 Å². The molecule has 0 aliphatic carbocycles. The lowest BCUT2D eigenvalue weighted by molar-refractivity contribution is 0.0937. The van der Waals surface area contributed by atoms with Gasteiger partial charge in [0.25, 0.3) is 5.91 Å². The van der Waals surface area contributed by atoms with E-state index in [0.29, 0.717) is 12.2 Å². The fourth-order valence-electron chi connectivity index (χ4n) is 2.18. The van der Waals surface area contributed by atoms with Crippen LogP contribution < -0.4 is 5.32 Å². The van der Waals surface area contributed by atoms with Gasteiger partial charge in [0.15, 0.2) is 0 Å². The monoisotopic (exact) mass is 277 g/mol. The molecule has 0 bridgehead atoms. The fourth-order valence-corrected chi connectivity index (χ4v) is 2.18. The van der Waals surface area contributed by atoms with E-state index in [1.54, 1.807) is 7.11 Å². The summed E-state index contributed by atoms with van der Waals surface area (Å²) in [6, 6.07) is 7.81. The highest BCUT2D eigenvalue weighted by Gasteiger charge is 2.10. The van der Waals surface area contributed by atoms with Crippen molar-refractivity contribution < 1.29 is 9.53 Å². The Labute approximate surface area is 122 Å². The number of carbonyl (C=O) groups is 1. The summed E-state index contributed by atoms with van der Waals surface area (Å²) in [5.41, 5.74) is 1.72. The SMILES string of the molecule is COCc1cccc(C(=O)NC(C)CCCC(C)C)c1. The number of hydrogen-bond donors (Lipinski definition) is 1. The molecule has 0 saturated carbocycles. The molecule has 0 heterocycles. The van der Waals surface area contributed by atoms with Crippen molar-refractivity contribution in [2.45, 2.75) is 52.7 Å². The number of ether oxygens (including phenoxy) is 1.